The highest BCUT2D eigenvalue weighted by molar-refractivity contribution is 5.77. The predicted molar refractivity (Wildman–Crippen MR) is 54.4 cm³/mol. The Hall–Kier alpha value is -0.650. The number of rotatable bonds is 3. The lowest BCUT2D eigenvalue weighted by Crippen LogP contribution is -2.59. The maximum Gasteiger partial charge on any atom is 0.248 e. The Morgan fingerprint density at radius 2 is 2.40 bits per heavy atom. The van der Waals surface area contributed by atoms with Gasteiger partial charge in [-0.15, -0.1) is 0 Å². The van der Waals surface area contributed by atoms with E-state index in [-0.39, 0.29) is 24.2 Å². The van der Waals surface area contributed by atoms with E-state index in [0.29, 0.717) is 19.5 Å². The highest BCUT2D eigenvalue weighted by Crippen LogP contribution is 2.16. The number of β-amino-alcohol motifs (C(OH)–C–C–N with tert-alkyl or cyclic N) is 1. The SMILES string of the molecule is CC1(OCC(=O)N2CC[C@H](O)C2)CNC1. The fourth-order valence-electron chi connectivity index (χ4n) is 1.87. The minimum atomic E-state index is -0.352. The number of carbonyl (C=O) groups excluding carboxylic acids is 1. The van der Waals surface area contributed by atoms with E-state index in [2.05, 4.69) is 5.32 Å². The molecule has 2 saturated heterocycles. The van der Waals surface area contributed by atoms with Crippen molar-refractivity contribution in [2.24, 2.45) is 0 Å². The fraction of sp³-hybridized carbons (Fsp3) is 0.900. The number of nitrogens with one attached hydrogen (secondary N) is 1. The summed E-state index contributed by atoms with van der Waals surface area (Å²) in [6.07, 6.45) is 0.333. The first-order valence-electron chi connectivity index (χ1n) is 5.40. The summed E-state index contributed by atoms with van der Waals surface area (Å²) in [6.45, 7) is 4.85. The number of nitrogens with zero attached hydrogens (tertiary/aromatic N) is 1. The smallest absolute Gasteiger partial charge is 0.248 e. The van der Waals surface area contributed by atoms with Crippen LogP contribution in [0.1, 0.15) is 13.3 Å². The first-order chi connectivity index (χ1) is 7.09. The summed E-state index contributed by atoms with van der Waals surface area (Å²) in [5.41, 5.74) is -0.173. The third kappa shape index (κ3) is 2.48. The second kappa shape index (κ2) is 4.08. The van der Waals surface area contributed by atoms with Gasteiger partial charge < -0.3 is 20.1 Å². The number of ether oxygens (including phenoxy) is 1. The Kier molecular flexibility index (Phi) is 2.95. The average molecular weight is 214 g/mol. The molecule has 15 heavy (non-hydrogen) atoms. The average Bonchev–Trinajstić information content (AvgIpc) is 2.58. The molecule has 0 aliphatic carbocycles. The largest absolute Gasteiger partial charge is 0.391 e. The number of aliphatic hydroxyl groups excluding tert-OH is 1. The third-order valence-corrected chi connectivity index (χ3v) is 3.06. The summed E-state index contributed by atoms with van der Waals surface area (Å²) < 4.78 is 5.54. The molecule has 1 amide bonds. The molecule has 0 bridgehead atoms. The molecule has 2 rings (SSSR count). The van der Waals surface area contributed by atoms with Crippen molar-refractivity contribution in [1.29, 1.82) is 0 Å². The van der Waals surface area contributed by atoms with Gasteiger partial charge in [-0.1, -0.05) is 0 Å². The molecule has 0 aromatic carbocycles. The first kappa shape index (κ1) is 10.9. The van der Waals surface area contributed by atoms with Crippen LogP contribution in [0.4, 0.5) is 0 Å². The predicted octanol–water partition coefficient (Wildman–Crippen LogP) is -1.04. The van der Waals surface area contributed by atoms with Crippen molar-refractivity contribution in [2.45, 2.75) is 25.0 Å². The van der Waals surface area contributed by atoms with E-state index in [1.807, 2.05) is 6.92 Å². The van der Waals surface area contributed by atoms with Crippen LogP contribution in [-0.2, 0) is 9.53 Å². The van der Waals surface area contributed by atoms with Gasteiger partial charge in [-0.05, 0) is 13.3 Å². The van der Waals surface area contributed by atoms with E-state index in [4.69, 9.17) is 4.74 Å². The number of carbonyl (C=O) groups is 1. The zero-order valence-corrected chi connectivity index (χ0v) is 9.03. The van der Waals surface area contributed by atoms with Crippen LogP contribution in [0.15, 0.2) is 0 Å². The van der Waals surface area contributed by atoms with Crippen LogP contribution < -0.4 is 5.32 Å². The van der Waals surface area contributed by atoms with Gasteiger partial charge >= 0.3 is 0 Å². The zero-order valence-electron chi connectivity index (χ0n) is 9.03. The van der Waals surface area contributed by atoms with Gasteiger partial charge in [0.05, 0.1) is 11.7 Å². The molecule has 0 saturated carbocycles. The molecular weight excluding hydrogens is 196 g/mol. The Morgan fingerprint density at radius 1 is 1.67 bits per heavy atom. The van der Waals surface area contributed by atoms with Gasteiger partial charge in [-0.3, -0.25) is 4.79 Å². The van der Waals surface area contributed by atoms with Gasteiger partial charge in [0.25, 0.3) is 0 Å². The second-order valence-corrected chi connectivity index (χ2v) is 4.62. The van der Waals surface area contributed by atoms with E-state index in [0.717, 1.165) is 13.1 Å². The van der Waals surface area contributed by atoms with Crippen LogP contribution in [0.3, 0.4) is 0 Å². The quantitative estimate of drug-likeness (QED) is 0.630. The van der Waals surface area contributed by atoms with Crippen LogP contribution in [0, 0.1) is 0 Å². The van der Waals surface area contributed by atoms with Crippen molar-refractivity contribution in [3.05, 3.63) is 0 Å². The molecule has 0 spiro atoms. The number of hydrogen-bond donors (Lipinski definition) is 2. The lowest BCUT2D eigenvalue weighted by Gasteiger charge is -2.39. The highest BCUT2D eigenvalue weighted by Gasteiger charge is 2.34. The maximum atomic E-state index is 11.6. The lowest BCUT2D eigenvalue weighted by atomic mass is 10.0. The van der Waals surface area contributed by atoms with Crippen molar-refractivity contribution in [3.63, 3.8) is 0 Å². The van der Waals surface area contributed by atoms with Crippen molar-refractivity contribution in [3.8, 4) is 0 Å². The van der Waals surface area contributed by atoms with Gasteiger partial charge in [-0.25, -0.2) is 0 Å². The van der Waals surface area contributed by atoms with Crippen LogP contribution >= 0.6 is 0 Å². The van der Waals surface area contributed by atoms with E-state index < -0.39 is 0 Å². The molecule has 5 nitrogen and oxygen atoms in total. The summed E-state index contributed by atoms with van der Waals surface area (Å²) in [7, 11) is 0. The minimum Gasteiger partial charge on any atom is -0.391 e. The molecule has 0 unspecified atom stereocenters. The molecule has 1 atom stereocenters. The molecule has 2 aliphatic rings. The maximum absolute atomic E-state index is 11.6. The number of aliphatic hydroxyl groups is 1. The van der Waals surface area contributed by atoms with E-state index >= 15 is 0 Å². The van der Waals surface area contributed by atoms with Crippen LogP contribution in [0.5, 0.6) is 0 Å². The summed E-state index contributed by atoms with van der Waals surface area (Å²) in [5, 5.41) is 12.4. The Bertz CT molecular complexity index is 253. The van der Waals surface area contributed by atoms with Gasteiger partial charge in [0, 0.05) is 26.2 Å². The van der Waals surface area contributed by atoms with E-state index in [9.17, 15) is 9.90 Å². The highest BCUT2D eigenvalue weighted by atomic mass is 16.5. The molecular formula is C10H18N2O3. The number of likely N-dealkylation sites (tertiary alicyclic amines) is 1. The Labute approximate surface area is 89.4 Å². The zero-order chi connectivity index (χ0) is 10.9. The van der Waals surface area contributed by atoms with Gasteiger partial charge in [0.15, 0.2) is 0 Å². The minimum absolute atomic E-state index is 0.0142. The van der Waals surface area contributed by atoms with Crippen molar-refractivity contribution in [1.82, 2.24) is 10.2 Å². The first-order valence-corrected chi connectivity index (χ1v) is 5.40. The summed E-state index contributed by atoms with van der Waals surface area (Å²) >= 11 is 0. The monoisotopic (exact) mass is 214 g/mol. The van der Waals surface area contributed by atoms with Crippen molar-refractivity contribution < 1.29 is 14.6 Å². The van der Waals surface area contributed by atoms with E-state index in [1.54, 1.807) is 4.90 Å². The molecule has 0 aromatic rings. The molecule has 0 aromatic heterocycles. The number of amides is 1. The summed E-state index contributed by atoms with van der Waals surface area (Å²) in [6, 6.07) is 0. The topological polar surface area (TPSA) is 61.8 Å². The molecule has 2 heterocycles. The fourth-order valence-corrected chi connectivity index (χ4v) is 1.87. The normalized spacial score (nSPS) is 28.9. The molecule has 2 N–H and O–H groups in total. The van der Waals surface area contributed by atoms with Crippen molar-refractivity contribution in [2.75, 3.05) is 32.8 Å². The molecule has 2 aliphatic heterocycles. The Morgan fingerprint density at radius 3 is 2.87 bits per heavy atom. The third-order valence-electron chi connectivity index (χ3n) is 3.06. The van der Waals surface area contributed by atoms with Crippen LogP contribution in [0.2, 0.25) is 0 Å². The van der Waals surface area contributed by atoms with Crippen LogP contribution in [0.25, 0.3) is 0 Å². The summed E-state index contributed by atoms with van der Waals surface area (Å²) in [4.78, 5) is 13.3. The van der Waals surface area contributed by atoms with Crippen LogP contribution in [-0.4, -0.2) is 60.4 Å². The molecule has 0 radical (unpaired) electrons. The number of hydrogen-bond acceptors (Lipinski definition) is 4. The molecule has 5 heteroatoms. The lowest BCUT2D eigenvalue weighted by molar-refractivity contribution is -0.145. The van der Waals surface area contributed by atoms with Gasteiger partial charge in [0.1, 0.15) is 6.61 Å². The molecule has 86 valence electrons. The Balaban J connectivity index is 1.72. The van der Waals surface area contributed by atoms with Gasteiger partial charge in [-0.2, -0.15) is 0 Å². The van der Waals surface area contributed by atoms with Crippen molar-refractivity contribution >= 4 is 5.91 Å². The summed E-state index contributed by atoms with van der Waals surface area (Å²) in [5.74, 6) is -0.0142. The standard InChI is InChI=1S/C10H18N2O3/c1-10(6-11-7-10)15-5-9(14)12-3-2-8(13)4-12/h8,11,13H,2-7H2,1H3/t8-/m0/s1. The van der Waals surface area contributed by atoms with Gasteiger partial charge in [0.2, 0.25) is 5.91 Å². The van der Waals surface area contributed by atoms with E-state index in [1.165, 1.54) is 0 Å². The second-order valence-electron chi connectivity index (χ2n) is 4.62. The molecule has 2 fully saturated rings.